The van der Waals surface area contributed by atoms with Gasteiger partial charge in [0.05, 0.1) is 22.8 Å². The maximum atomic E-state index is 13.0. The number of esters is 1. The van der Waals surface area contributed by atoms with Crippen LogP contribution in [0.2, 0.25) is 0 Å². The molecule has 0 unspecified atom stereocenters. The van der Waals surface area contributed by atoms with E-state index in [4.69, 9.17) is 4.74 Å². The number of amides is 1. The van der Waals surface area contributed by atoms with Gasteiger partial charge in [0.1, 0.15) is 12.7 Å². The van der Waals surface area contributed by atoms with E-state index in [1.807, 2.05) is 0 Å². The monoisotopic (exact) mass is 484 g/mol. The highest BCUT2D eigenvalue weighted by Gasteiger charge is 2.32. The largest absolute Gasteiger partial charge is 0.462 e. The Balaban J connectivity index is 1.39. The van der Waals surface area contributed by atoms with Gasteiger partial charge in [0.25, 0.3) is 0 Å². The van der Waals surface area contributed by atoms with Crippen LogP contribution in [0.5, 0.6) is 0 Å². The second-order valence-corrected chi connectivity index (χ2v) is 9.57. The van der Waals surface area contributed by atoms with Gasteiger partial charge >= 0.3 is 5.97 Å². The van der Waals surface area contributed by atoms with E-state index in [1.54, 1.807) is 25.3 Å². The average molecular weight is 485 g/mol. The Morgan fingerprint density at radius 2 is 1.88 bits per heavy atom. The molecule has 178 valence electrons. The second-order valence-electron chi connectivity index (χ2n) is 7.63. The molecule has 1 aromatic carbocycles. The fourth-order valence-corrected chi connectivity index (χ4v) is 5.18. The van der Waals surface area contributed by atoms with Crippen LogP contribution in [0.15, 0.2) is 60.1 Å². The number of sulfonamides is 1. The summed E-state index contributed by atoms with van der Waals surface area (Å²) in [5, 5.41) is 6.93. The van der Waals surface area contributed by atoms with Gasteiger partial charge in [-0.2, -0.15) is 9.40 Å². The van der Waals surface area contributed by atoms with Crippen molar-refractivity contribution in [2.75, 3.05) is 25.0 Å². The number of rotatable bonds is 7. The molecule has 1 saturated heterocycles. The molecule has 0 spiro atoms. The summed E-state index contributed by atoms with van der Waals surface area (Å²) in [5.41, 5.74) is 0.784. The molecule has 1 aliphatic rings. The third-order valence-corrected chi connectivity index (χ3v) is 7.42. The maximum Gasteiger partial charge on any atom is 0.338 e. The van der Waals surface area contributed by atoms with E-state index in [0.717, 1.165) is 0 Å². The summed E-state index contributed by atoms with van der Waals surface area (Å²) in [5.74, 6) is -0.606. The van der Waals surface area contributed by atoms with E-state index in [1.165, 1.54) is 45.9 Å². The van der Waals surface area contributed by atoms with Crippen molar-refractivity contribution in [3.63, 3.8) is 0 Å². The number of carbonyl (C=O) groups is 2. The number of anilines is 1. The van der Waals surface area contributed by atoms with Crippen molar-refractivity contribution in [1.29, 1.82) is 0 Å². The molecule has 1 fully saturated rings. The number of ether oxygens (including phenoxy) is 1. The smallest absolute Gasteiger partial charge is 0.338 e. The predicted octanol–water partition coefficient (Wildman–Crippen LogP) is 1.88. The zero-order chi connectivity index (χ0) is 24.1. The Hall–Kier alpha value is -3.64. The topological polar surface area (TPSA) is 136 Å². The third kappa shape index (κ3) is 4.97. The highest BCUT2D eigenvalue weighted by atomic mass is 32.2. The Labute approximate surface area is 196 Å². The van der Waals surface area contributed by atoms with Crippen molar-refractivity contribution in [3.8, 4) is 5.82 Å². The summed E-state index contributed by atoms with van der Waals surface area (Å²) in [7, 11) is -3.74. The molecule has 3 heterocycles. The summed E-state index contributed by atoms with van der Waals surface area (Å²) >= 11 is 0. The van der Waals surface area contributed by atoms with Gasteiger partial charge in [0, 0.05) is 25.2 Å². The van der Waals surface area contributed by atoms with Crippen LogP contribution >= 0.6 is 0 Å². The highest BCUT2D eigenvalue weighted by molar-refractivity contribution is 7.89. The molecule has 1 aliphatic heterocycles. The number of benzene rings is 1. The fraction of sp³-hybridized carbons (Fsp3) is 0.318. The Kier molecular flexibility index (Phi) is 6.98. The van der Waals surface area contributed by atoms with Crippen molar-refractivity contribution in [3.05, 3.63) is 60.8 Å². The molecule has 12 heteroatoms. The lowest BCUT2D eigenvalue weighted by Gasteiger charge is -2.30. The standard InChI is InChI=1S/C22H24N6O5S/c1-2-33-22(30)17-5-7-18(8-6-17)34(31,32)27-12-9-16(10-13-27)21(29)26-19-4-3-11-24-20(19)28-15-23-14-25-28/h3-8,11,14-16H,2,9-10,12-13H2,1H3,(H,26,29). The summed E-state index contributed by atoms with van der Waals surface area (Å²) in [6.45, 7) is 2.36. The van der Waals surface area contributed by atoms with Gasteiger partial charge in [0.2, 0.25) is 15.9 Å². The van der Waals surface area contributed by atoms with Crippen molar-refractivity contribution in [1.82, 2.24) is 24.1 Å². The molecule has 1 amide bonds. The van der Waals surface area contributed by atoms with Gasteiger partial charge in [-0.1, -0.05) is 0 Å². The summed E-state index contributed by atoms with van der Waals surface area (Å²) < 4.78 is 33.8. The molecule has 11 nitrogen and oxygen atoms in total. The van der Waals surface area contributed by atoms with Crippen LogP contribution in [0.3, 0.4) is 0 Å². The number of hydrogen-bond acceptors (Lipinski definition) is 8. The van der Waals surface area contributed by atoms with Gasteiger partial charge in [-0.3, -0.25) is 4.79 Å². The number of nitrogens with one attached hydrogen (secondary N) is 1. The molecule has 0 saturated carbocycles. The van der Waals surface area contributed by atoms with Crippen LogP contribution < -0.4 is 5.32 Å². The van der Waals surface area contributed by atoms with Crippen LogP contribution in [0.1, 0.15) is 30.1 Å². The minimum Gasteiger partial charge on any atom is -0.462 e. The van der Waals surface area contributed by atoms with E-state index in [2.05, 4.69) is 20.4 Å². The lowest BCUT2D eigenvalue weighted by molar-refractivity contribution is -0.120. The summed E-state index contributed by atoms with van der Waals surface area (Å²) in [4.78, 5) is 32.9. The quantitative estimate of drug-likeness (QED) is 0.502. The van der Waals surface area contributed by atoms with Crippen LogP contribution in [-0.2, 0) is 19.6 Å². The first kappa shape index (κ1) is 23.5. The Morgan fingerprint density at radius 3 is 2.53 bits per heavy atom. The number of hydrogen-bond donors (Lipinski definition) is 1. The lowest BCUT2D eigenvalue weighted by atomic mass is 9.97. The van der Waals surface area contributed by atoms with Gasteiger partial charge in [-0.15, -0.1) is 0 Å². The van der Waals surface area contributed by atoms with Crippen LogP contribution in [0.4, 0.5) is 5.69 Å². The average Bonchev–Trinajstić information content (AvgIpc) is 3.39. The summed E-state index contributed by atoms with van der Waals surface area (Å²) in [6.07, 6.45) is 5.21. The molecule has 3 aromatic rings. The number of aromatic nitrogens is 4. The van der Waals surface area contributed by atoms with Crippen molar-refractivity contribution in [2.45, 2.75) is 24.7 Å². The normalized spacial score (nSPS) is 15.1. The number of nitrogens with zero attached hydrogens (tertiary/aromatic N) is 5. The molecule has 1 N–H and O–H groups in total. The van der Waals surface area contributed by atoms with Crippen molar-refractivity contribution in [2.24, 2.45) is 5.92 Å². The molecule has 2 aromatic heterocycles. The molecular weight excluding hydrogens is 460 g/mol. The number of pyridine rings is 1. The van der Waals surface area contributed by atoms with Crippen molar-refractivity contribution >= 4 is 27.6 Å². The first-order valence-corrected chi connectivity index (χ1v) is 12.2. The zero-order valence-corrected chi connectivity index (χ0v) is 19.3. The fourth-order valence-electron chi connectivity index (χ4n) is 3.71. The third-order valence-electron chi connectivity index (χ3n) is 5.51. The van der Waals surface area contributed by atoms with E-state index < -0.39 is 16.0 Å². The molecular formula is C22H24N6O5S. The van der Waals surface area contributed by atoms with Crippen LogP contribution in [0.25, 0.3) is 5.82 Å². The van der Waals surface area contributed by atoms with E-state index in [9.17, 15) is 18.0 Å². The maximum absolute atomic E-state index is 13.0. The van der Waals surface area contributed by atoms with Gasteiger partial charge in [0.15, 0.2) is 5.82 Å². The van der Waals surface area contributed by atoms with E-state index >= 15 is 0 Å². The van der Waals surface area contributed by atoms with E-state index in [0.29, 0.717) is 24.3 Å². The molecule has 0 aliphatic carbocycles. The molecule has 0 atom stereocenters. The first-order valence-electron chi connectivity index (χ1n) is 10.8. The predicted molar refractivity (Wildman–Crippen MR) is 122 cm³/mol. The Bertz CT molecular complexity index is 1250. The van der Waals surface area contributed by atoms with E-state index in [-0.39, 0.29) is 42.0 Å². The van der Waals surface area contributed by atoms with Crippen LogP contribution in [-0.4, -0.2) is 64.0 Å². The summed E-state index contributed by atoms with van der Waals surface area (Å²) in [6, 6.07) is 9.10. The first-order chi connectivity index (χ1) is 16.4. The van der Waals surface area contributed by atoms with Crippen molar-refractivity contribution < 1.29 is 22.7 Å². The molecule has 0 bridgehead atoms. The lowest BCUT2D eigenvalue weighted by Crippen LogP contribution is -2.41. The zero-order valence-electron chi connectivity index (χ0n) is 18.5. The highest BCUT2D eigenvalue weighted by Crippen LogP contribution is 2.26. The molecule has 0 radical (unpaired) electrons. The second kappa shape index (κ2) is 10.1. The Morgan fingerprint density at radius 1 is 1.15 bits per heavy atom. The molecule has 4 rings (SSSR count). The molecule has 34 heavy (non-hydrogen) atoms. The van der Waals surface area contributed by atoms with Gasteiger partial charge < -0.3 is 10.1 Å². The van der Waals surface area contributed by atoms with Gasteiger partial charge in [-0.25, -0.2) is 27.9 Å². The minimum atomic E-state index is -3.74. The number of carbonyl (C=O) groups excluding carboxylic acids is 2. The van der Waals surface area contributed by atoms with Gasteiger partial charge in [-0.05, 0) is 56.2 Å². The minimum absolute atomic E-state index is 0.0938. The number of piperidine rings is 1. The SMILES string of the molecule is CCOC(=O)c1ccc(S(=O)(=O)N2CCC(C(=O)Nc3cccnc3-n3cncn3)CC2)cc1. The van der Waals surface area contributed by atoms with Crippen LogP contribution in [0, 0.1) is 5.92 Å².